The summed E-state index contributed by atoms with van der Waals surface area (Å²) in [7, 11) is 0. The molecule has 0 bridgehead atoms. The number of hydrogen-bond acceptors (Lipinski definition) is 7. The number of rotatable bonds is 9. The van der Waals surface area contributed by atoms with Crippen LogP contribution in [-0.4, -0.2) is 43.4 Å². The number of carbonyl (C=O) groups excluding carboxylic acids is 2. The molecule has 8 nitrogen and oxygen atoms in total. The van der Waals surface area contributed by atoms with Crippen LogP contribution in [-0.2, 0) is 24.0 Å². The van der Waals surface area contributed by atoms with Gasteiger partial charge in [-0.2, -0.15) is 8.78 Å². The van der Waals surface area contributed by atoms with E-state index in [4.69, 9.17) is 14.4 Å². The molecule has 1 aromatic carbocycles. The van der Waals surface area contributed by atoms with Gasteiger partial charge < -0.3 is 24.5 Å². The lowest BCUT2D eigenvalue weighted by molar-refractivity contribution is -0.288. The number of hydrogen-bond donors (Lipinski definition) is 1. The fourth-order valence-corrected chi connectivity index (χ4v) is 2.88. The van der Waals surface area contributed by atoms with Gasteiger partial charge in [0.05, 0.1) is 19.8 Å². The molecule has 0 radical (unpaired) electrons. The molecule has 1 amide bonds. The standard InChI is InChI=1S/C18H17F5N2O6/c19-10-11(20)13(22)15(14(23)12(10)21)31-17(27)18(2-1-3-18)16(26)24-4-6-28-7-5-25-29-8-9-30-25/h8-9H,1-7H2,(H,24,26). The zero-order valence-electron chi connectivity index (χ0n) is 15.9. The van der Waals surface area contributed by atoms with Crippen LogP contribution in [0, 0.1) is 34.5 Å². The molecule has 170 valence electrons. The zero-order valence-corrected chi connectivity index (χ0v) is 15.9. The second-order valence-electron chi connectivity index (χ2n) is 6.63. The lowest BCUT2D eigenvalue weighted by atomic mass is 9.68. The zero-order chi connectivity index (χ0) is 22.6. The van der Waals surface area contributed by atoms with E-state index < -0.39 is 52.1 Å². The van der Waals surface area contributed by atoms with Crippen LogP contribution in [0.15, 0.2) is 12.5 Å². The van der Waals surface area contributed by atoms with E-state index in [0.717, 1.165) is 5.23 Å². The first-order valence-electron chi connectivity index (χ1n) is 9.14. The quantitative estimate of drug-likeness (QED) is 0.117. The van der Waals surface area contributed by atoms with Gasteiger partial charge in [0.25, 0.3) is 0 Å². The third kappa shape index (κ3) is 4.56. The lowest BCUT2D eigenvalue weighted by Crippen LogP contribution is -2.53. The molecule has 0 aromatic heterocycles. The Balaban J connectivity index is 1.54. The lowest BCUT2D eigenvalue weighted by Gasteiger charge is -2.37. The van der Waals surface area contributed by atoms with Crippen LogP contribution in [0.4, 0.5) is 22.0 Å². The van der Waals surface area contributed by atoms with Crippen LogP contribution in [0.1, 0.15) is 19.3 Å². The summed E-state index contributed by atoms with van der Waals surface area (Å²) in [6.45, 7) is 0.538. The smallest absolute Gasteiger partial charge is 0.327 e. The Morgan fingerprint density at radius 1 is 0.968 bits per heavy atom. The van der Waals surface area contributed by atoms with Crippen LogP contribution in [0.25, 0.3) is 0 Å². The highest BCUT2D eigenvalue weighted by molar-refractivity contribution is 6.04. The second kappa shape index (κ2) is 9.47. The van der Waals surface area contributed by atoms with E-state index in [0.29, 0.717) is 6.42 Å². The van der Waals surface area contributed by atoms with Gasteiger partial charge >= 0.3 is 5.97 Å². The second-order valence-corrected chi connectivity index (χ2v) is 6.63. The van der Waals surface area contributed by atoms with Gasteiger partial charge in [0.15, 0.2) is 12.5 Å². The molecule has 1 aliphatic heterocycles. The number of nitrogens with zero attached hydrogens (tertiary/aromatic N) is 1. The molecule has 3 rings (SSSR count). The molecule has 0 spiro atoms. The predicted octanol–water partition coefficient (Wildman–Crippen LogP) is 2.24. The average molecular weight is 452 g/mol. The Kier molecular flexibility index (Phi) is 6.95. The fourth-order valence-electron chi connectivity index (χ4n) is 2.88. The van der Waals surface area contributed by atoms with E-state index in [9.17, 15) is 31.5 Å². The number of hydroxylamine groups is 2. The first-order valence-corrected chi connectivity index (χ1v) is 9.14. The monoisotopic (exact) mass is 452 g/mol. The largest absolute Gasteiger partial charge is 0.419 e. The normalized spacial score (nSPS) is 16.9. The minimum Gasteiger partial charge on any atom is -0.419 e. The van der Waals surface area contributed by atoms with Crippen molar-refractivity contribution in [2.75, 3.05) is 26.3 Å². The first-order chi connectivity index (χ1) is 14.8. The van der Waals surface area contributed by atoms with Crippen molar-refractivity contribution in [3.8, 4) is 5.75 Å². The molecular weight excluding hydrogens is 435 g/mol. The maximum absolute atomic E-state index is 13.8. The number of nitrogens with one attached hydrogen (secondary N) is 1. The van der Waals surface area contributed by atoms with E-state index in [1.54, 1.807) is 0 Å². The molecule has 1 fully saturated rings. The predicted molar refractivity (Wildman–Crippen MR) is 90.0 cm³/mol. The Morgan fingerprint density at radius 3 is 2.10 bits per heavy atom. The Labute approximate surface area is 172 Å². The van der Waals surface area contributed by atoms with E-state index in [-0.39, 0.29) is 39.1 Å². The van der Waals surface area contributed by atoms with Crippen molar-refractivity contribution in [2.24, 2.45) is 5.41 Å². The first kappa shape index (κ1) is 22.7. The molecule has 1 N–H and O–H groups in total. The molecule has 1 aromatic rings. The summed E-state index contributed by atoms with van der Waals surface area (Å²) in [5, 5.41) is 3.58. The highest BCUT2D eigenvalue weighted by Crippen LogP contribution is 2.43. The maximum Gasteiger partial charge on any atom is 0.327 e. The van der Waals surface area contributed by atoms with E-state index in [1.165, 1.54) is 12.5 Å². The average Bonchev–Trinajstić information content (AvgIpc) is 3.23. The van der Waals surface area contributed by atoms with Crippen LogP contribution in [0.2, 0.25) is 0 Å². The van der Waals surface area contributed by atoms with Gasteiger partial charge in [0.1, 0.15) is 5.41 Å². The molecule has 1 saturated carbocycles. The van der Waals surface area contributed by atoms with Crippen molar-refractivity contribution < 1.29 is 50.7 Å². The molecule has 2 aliphatic rings. The molecule has 0 unspecified atom stereocenters. The summed E-state index contributed by atoms with van der Waals surface area (Å²) in [6.07, 6.45) is 3.06. The maximum atomic E-state index is 13.8. The minimum atomic E-state index is -2.38. The summed E-state index contributed by atoms with van der Waals surface area (Å²) in [5.74, 6) is -15.4. The SMILES string of the molecule is O=C(NCCOCCN1OC=CO1)C1(C(=O)Oc2c(F)c(F)c(F)c(F)c2F)CCC1. The molecular formula is C18H17F5N2O6. The summed E-state index contributed by atoms with van der Waals surface area (Å²) < 4.78 is 77.0. The Morgan fingerprint density at radius 2 is 1.55 bits per heavy atom. The van der Waals surface area contributed by atoms with Crippen molar-refractivity contribution in [3.63, 3.8) is 0 Å². The highest BCUT2D eigenvalue weighted by Gasteiger charge is 2.53. The summed E-state index contributed by atoms with van der Waals surface area (Å²) in [6, 6.07) is 0. The summed E-state index contributed by atoms with van der Waals surface area (Å²) in [4.78, 5) is 34.7. The molecule has 1 heterocycles. The van der Waals surface area contributed by atoms with Gasteiger partial charge in [-0.15, -0.1) is 0 Å². The number of carbonyl (C=O) groups is 2. The minimum absolute atomic E-state index is 0.00362. The third-order valence-electron chi connectivity index (χ3n) is 4.76. The van der Waals surface area contributed by atoms with E-state index >= 15 is 0 Å². The van der Waals surface area contributed by atoms with E-state index in [1.807, 2.05) is 0 Å². The van der Waals surface area contributed by atoms with Gasteiger partial charge in [-0.3, -0.25) is 9.59 Å². The molecule has 0 atom stereocenters. The number of halogens is 5. The molecule has 1 aliphatic carbocycles. The number of esters is 1. The van der Waals surface area contributed by atoms with Crippen molar-refractivity contribution >= 4 is 11.9 Å². The summed E-state index contributed by atoms with van der Waals surface area (Å²) >= 11 is 0. The number of ether oxygens (including phenoxy) is 2. The van der Waals surface area contributed by atoms with Crippen LogP contribution in [0.3, 0.4) is 0 Å². The van der Waals surface area contributed by atoms with Gasteiger partial charge in [0.2, 0.25) is 40.7 Å². The van der Waals surface area contributed by atoms with Crippen molar-refractivity contribution in [1.82, 2.24) is 10.5 Å². The van der Waals surface area contributed by atoms with Gasteiger partial charge in [-0.1, -0.05) is 6.42 Å². The van der Waals surface area contributed by atoms with Crippen LogP contribution in [0.5, 0.6) is 5.75 Å². The van der Waals surface area contributed by atoms with Crippen molar-refractivity contribution in [1.29, 1.82) is 0 Å². The van der Waals surface area contributed by atoms with Crippen molar-refractivity contribution in [3.05, 3.63) is 41.6 Å². The highest BCUT2D eigenvalue weighted by atomic mass is 19.2. The molecule has 31 heavy (non-hydrogen) atoms. The van der Waals surface area contributed by atoms with Gasteiger partial charge in [-0.05, 0) is 12.8 Å². The molecule has 13 heteroatoms. The van der Waals surface area contributed by atoms with Crippen LogP contribution < -0.4 is 10.1 Å². The molecule has 0 saturated heterocycles. The van der Waals surface area contributed by atoms with Gasteiger partial charge in [0, 0.05) is 11.8 Å². The fraction of sp³-hybridized carbons (Fsp3) is 0.444. The van der Waals surface area contributed by atoms with Crippen molar-refractivity contribution in [2.45, 2.75) is 19.3 Å². The number of amides is 1. The van der Waals surface area contributed by atoms with Gasteiger partial charge in [-0.25, -0.2) is 13.2 Å². The number of benzene rings is 1. The van der Waals surface area contributed by atoms with Crippen LogP contribution >= 0.6 is 0 Å². The van der Waals surface area contributed by atoms with E-state index in [2.05, 4.69) is 10.1 Å². The third-order valence-corrected chi connectivity index (χ3v) is 4.76. The summed E-state index contributed by atoms with van der Waals surface area (Å²) in [5.41, 5.74) is -1.79. The Bertz CT molecular complexity index is 856. The topological polar surface area (TPSA) is 86.3 Å². The Hall–Kier alpha value is -2.93.